The Morgan fingerprint density at radius 2 is 1.17 bits per heavy atom. The van der Waals surface area contributed by atoms with Crippen molar-refractivity contribution in [3.8, 4) is 16.9 Å². The summed E-state index contributed by atoms with van der Waals surface area (Å²) in [6.45, 7) is 0. The maximum absolute atomic E-state index is 5.26. The van der Waals surface area contributed by atoms with Crippen LogP contribution in [0.5, 0.6) is 5.75 Å². The third-order valence-electron chi connectivity index (χ3n) is 4.25. The first-order valence-corrected chi connectivity index (χ1v) is 8.32. The molecule has 23 heavy (non-hydrogen) atoms. The predicted octanol–water partition coefficient (Wildman–Crippen LogP) is 5.99. The first-order chi connectivity index (χ1) is 11.3. The highest BCUT2D eigenvalue weighted by Crippen LogP contribution is 2.48. The Labute approximate surface area is 144 Å². The van der Waals surface area contributed by atoms with Crippen molar-refractivity contribution < 1.29 is 4.74 Å². The molecule has 0 amide bonds. The molecule has 112 valence electrons. The predicted molar refractivity (Wildman–Crippen MR) is 99.7 cm³/mol. The average molecular weight is 363 g/mol. The molecule has 0 saturated carbocycles. The molecule has 0 spiro atoms. The highest BCUT2D eigenvalue weighted by molar-refractivity contribution is 9.15. The van der Waals surface area contributed by atoms with Gasteiger partial charge in [-0.25, -0.2) is 0 Å². The van der Waals surface area contributed by atoms with Crippen LogP contribution in [0.15, 0.2) is 72.8 Å². The summed E-state index contributed by atoms with van der Waals surface area (Å²) in [7, 11) is 1.69. The molecule has 0 heterocycles. The number of rotatable bonds is 2. The number of hydrogen-bond acceptors (Lipinski definition) is 1. The average Bonchev–Trinajstić information content (AvgIpc) is 2.96. The Morgan fingerprint density at radius 1 is 0.696 bits per heavy atom. The van der Waals surface area contributed by atoms with E-state index in [0.717, 1.165) is 15.8 Å². The van der Waals surface area contributed by atoms with Gasteiger partial charge in [-0.05, 0) is 55.9 Å². The molecule has 0 bridgehead atoms. The Morgan fingerprint density at radius 3 is 1.65 bits per heavy atom. The maximum Gasteiger partial charge on any atom is 0.118 e. The van der Waals surface area contributed by atoms with Crippen LogP contribution in [0.1, 0.15) is 16.7 Å². The van der Waals surface area contributed by atoms with Gasteiger partial charge in [-0.3, -0.25) is 0 Å². The van der Waals surface area contributed by atoms with E-state index < -0.39 is 0 Å². The van der Waals surface area contributed by atoms with Gasteiger partial charge in [0.2, 0.25) is 0 Å². The Hall–Kier alpha value is -2.32. The third-order valence-corrected chi connectivity index (χ3v) is 5.10. The van der Waals surface area contributed by atoms with Crippen LogP contribution in [0.3, 0.4) is 0 Å². The van der Waals surface area contributed by atoms with Crippen molar-refractivity contribution in [2.24, 2.45) is 0 Å². The van der Waals surface area contributed by atoms with Crippen molar-refractivity contribution in [1.82, 2.24) is 0 Å². The van der Waals surface area contributed by atoms with Crippen molar-refractivity contribution >= 4 is 26.0 Å². The molecule has 3 aromatic rings. The van der Waals surface area contributed by atoms with Crippen molar-refractivity contribution in [2.45, 2.75) is 0 Å². The minimum atomic E-state index is 0.867. The fourth-order valence-electron chi connectivity index (χ4n) is 3.14. The van der Waals surface area contributed by atoms with E-state index in [1.807, 2.05) is 12.1 Å². The molecule has 2 heteroatoms. The van der Waals surface area contributed by atoms with E-state index in [1.54, 1.807) is 7.11 Å². The van der Waals surface area contributed by atoms with Gasteiger partial charge in [-0.15, -0.1) is 0 Å². The molecule has 0 atom stereocenters. The first kappa shape index (κ1) is 14.3. The van der Waals surface area contributed by atoms with E-state index in [-0.39, 0.29) is 0 Å². The number of benzene rings is 3. The smallest absolute Gasteiger partial charge is 0.118 e. The molecule has 1 nitrogen and oxygen atoms in total. The second-order valence-corrected chi connectivity index (χ2v) is 6.30. The van der Waals surface area contributed by atoms with Gasteiger partial charge in [0, 0.05) is 10.1 Å². The number of halogens is 1. The van der Waals surface area contributed by atoms with E-state index in [0.29, 0.717) is 0 Å². The first-order valence-electron chi connectivity index (χ1n) is 7.53. The van der Waals surface area contributed by atoms with Gasteiger partial charge in [0.05, 0.1) is 7.11 Å². The normalized spacial score (nSPS) is 11.8. The van der Waals surface area contributed by atoms with E-state index in [4.69, 9.17) is 4.74 Å². The largest absolute Gasteiger partial charge is 0.497 e. The Bertz CT molecular complexity index is 860. The fraction of sp³-hybridized carbons (Fsp3) is 0.0476. The maximum atomic E-state index is 5.26. The van der Waals surface area contributed by atoms with Crippen LogP contribution in [0.2, 0.25) is 0 Å². The van der Waals surface area contributed by atoms with Gasteiger partial charge in [-0.1, -0.05) is 60.7 Å². The van der Waals surface area contributed by atoms with E-state index in [2.05, 4.69) is 76.6 Å². The summed E-state index contributed by atoms with van der Waals surface area (Å²) < 4.78 is 6.36. The van der Waals surface area contributed by atoms with E-state index in [9.17, 15) is 0 Å². The molecule has 0 fully saturated rings. The van der Waals surface area contributed by atoms with Crippen LogP contribution in [0.4, 0.5) is 0 Å². The lowest BCUT2D eigenvalue weighted by Gasteiger charge is -2.09. The zero-order valence-corrected chi connectivity index (χ0v) is 14.3. The SMILES string of the molecule is COc1ccc(C(Br)=C2c3ccccc3-c3ccccc32)cc1. The lowest BCUT2D eigenvalue weighted by atomic mass is 10.0. The van der Waals surface area contributed by atoms with Crippen LogP contribution in [0.25, 0.3) is 21.2 Å². The summed E-state index contributed by atoms with van der Waals surface area (Å²) in [5.74, 6) is 0.867. The highest BCUT2D eigenvalue weighted by atomic mass is 79.9. The molecule has 1 aliphatic carbocycles. The molecule has 0 aromatic heterocycles. The third kappa shape index (κ3) is 2.30. The number of methoxy groups -OCH3 is 1. The zero-order chi connectivity index (χ0) is 15.8. The summed E-state index contributed by atoms with van der Waals surface area (Å²) in [6.07, 6.45) is 0. The Kier molecular flexibility index (Phi) is 3.55. The van der Waals surface area contributed by atoms with Gasteiger partial charge in [0.25, 0.3) is 0 Å². The minimum absolute atomic E-state index is 0.867. The lowest BCUT2D eigenvalue weighted by molar-refractivity contribution is 0.415. The van der Waals surface area contributed by atoms with E-state index >= 15 is 0 Å². The number of hydrogen-bond donors (Lipinski definition) is 0. The second-order valence-electron chi connectivity index (χ2n) is 5.51. The van der Waals surface area contributed by atoms with Gasteiger partial charge < -0.3 is 4.74 Å². The molecule has 0 unspecified atom stereocenters. The number of ether oxygens (including phenoxy) is 1. The molecule has 0 radical (unpaired) electrons. The number of fused-ring (bicyclic) bond motifs is 3. The highest BCUT2D eigenvalue weighted by Gasteiger charge is 2.25. The molecule has 3 aromatic carbocycles. The van der Waals surface area contributed by atoms with Gasteiger partial charge >= 0.3 is 0 Å². The summed E-state index contributed by atoms with van der Waals surface area (Å²) in [5, 5.41) is 0. The monoisotopic (exact) mass is 362 g/mol. The van der Waals surface area contributed by atoms with Crippen LogP contribution in [-0.4, -0.2) is 7.11 Å². The van der Waals surface area contributed by atoms with Crippen molar-refractivity contribution in [3.05, 3.63) is 89.5 Å². The van der Waals surface area contributed by atoms with Gasteiger partial charge in [0.15, 0.2) is 0 Å². The van der Waals surface area contributed by atoms with Gasteiger partial charge in [0.1, 0.15) is 5.75 Å². The van der Waals surface area contributed by atoms with Crippen molar-refractivity contribution in [2.75, 3.05) is 7.11 Å². The van der Waals surface area contributed by atoms with Crippen LogP contribution in [-0.2, 0) is 0 Å². The summed E-state index contributed by atoms with van der Waals surface area (Å²) in [4.78, 5) is 0. The van der Waals surface area contributed by atoms with Crippen LogP contribution >= 0.6 is 15.9 Å². The van der Waals surface area contributed by atoms with E-state index in [1.165, 1.54) is 27.8 Å². The lowest BCUT2D eigenvalue weighted by Crippen LogP contribution is -1.87. The molecular weight excluding hydrogens is 348 g/mol. The van der Waals surface area contributed by atoms with Crippen molar-refractivity contribution in [3.63, 3.8) is 0 Å². The fourth-order valence-corrected chi connectivity index (χ4v) is 3.83. The second kappa shape index (κ2) is 5.71. The quantitative estimate of drug-likeness (QED) is 0.425. The van der Waals surface area contributed by atoms with Gasteiger partial charge in [-0.2, -0.15) is 0 Å². The molecule has 0 aliphatic heterocycles. The molecule has 1 aliphatic rings. The molecular formula is C21H15BrO. The zero-order valence-electron chi connectivity index (χ0n) is 12.7. The summed E-state index contributed by atoms with van der Waals surface area (Å²) >= 11 is 3.84. The minimum Gasteiger partial charge on any atom is -0.497 e. The Balaban J connectivity index is 1.96. The molecule has 4 rings (SSSR count). The van der Waals surface area contributed by atoms with Crippen LogP contribution in [0, 0.1) is 0 Å². The molecule has 0 saturated heterocycles. The standard InChI is InChI=1S/C21H15BrO/c1-23-15-12-10-14(11-13-15)21(22)20-18-8-4-2-6-16(18)17-7-3-5-9-19(17)20/h2-13H,1H3. The topological polar surface area (TPSA) is 9.23 Å². The van der Waals surface area contributed by atoms with Crippen molar-refractivity contribution in [1.29, 1.82) is 0 Å². The van der Waals surface area contributed by atoms with Crippen LogP contribution < -0.4 is 4.74 Å². The summed E-state index contributed by atoms with van der Waals surface area (Å²) in [6, 6.07) is 25.3. The summed E-state index contributed by atoms with van der Waals surface area (Å²) in [5.41, 5.74) is 7.54. The molecule has 0 N–H and O–H groups in total.